The van der Waals surface area contributed by atoms with E-state index in [-0.39, 0.29) is 22.9 Å². The summed E-state index contributed by atoms with van der Waals surface area (Å²) >= 11 is 6.05. The molecule has 2 aromatic carbocycles. The second-order valence-electron chi connectivity index (χ2n) is 5.23. The maximum absolute atomic E-state index is 12.2. The molecule has 0 aromatic heterocycles. The van der Waals surface area contributed by atoms with Gasteiger partial charge in [0.05, 0.1) is 41.6 Å². The van der Waals surface area contributed by atoms with Crippen LogP contribution in [0.3, 0.4) is 0 Å². The Labute approximate surface area is 161 Å². The van der Waals surface area contributed by atoms with Gasteiger partial charge in [-0.3, -0.25) is 4.79 Å². The van der Waals surface area contributed by atoms with Gasteiger partial charge in [0.25, 0.3) is 5.91 Å². The predicted octanol–water partition coefficient (Wildman–Crippen LogP) is 3.41. The Morgan fingerprint density at radius 2 is 1.93 bits per heavy atom. The molecule has 140 valence electrons. The number of hydrogen-bond donors (Lipinski definition) is 1. The number of halogens is 1. The Hall–Kier alpha value is -3.24. The molecule has 0 saturated heterocycles. The van der Waals surface area contributed by atoms with Gasteiger partial charge in [0.2, 0.25) is 0 Å². The van der Waals surface area contributed by atoms with E-state index in [0.717, 1.165) is 0 Å². The van der Waals surface area contributed by atoms with Gasteiger partial charge >= 0.3 is 5.97 Å². The Balaban J connectivity index is 2.07. The lowest BCUT2D eigenvalue weighted by Crippen LogP contribution is -2.21. The fraction of sp³-hybridized carbons (Fsp3) is 0.211. The van der Waals surface area contributed by atoms with Gasteiger partial charge in [-0.25, -0.2) is 4.79 Å². The Kier molecular flexibility index (Phi) is 7.03. The molecule has 0 aliphatic heterocycles. The Morgan fingerprint density at radius 1 is 1.15 bits per heavy atom. The second kappa shape index (κ2) is 9.46. The van der Waals surface area contributed by atoms with Crippen molar-refractivity contribution in [1.29, 1.82) is 5.26 Å². The van der Waals surface area contributed by atoms with Crippen LogP contribution < -0.4 is 14.8 Å². The number of ether oxygens (including phenoxy) is 3. The maximum atomic E-state index is 12.2. The van der Waals surface area contributed by atoms with E-state index in [1.165, 1.54) is 31.4 Å². The zero-order valence-corrected chi connectivity index (χ0v) is 15.5. The number of rotatable bonds is 7. The average Bonchev–Trinajstić information content (AvgIpc) is 2.68. The van der Waals surface area contributed by atoms with Crippen LogP contribution in [-0.4, -0.2) is 32.2 Å². The molecule has 2 aromatic rings. The third kappa shape index (κ3) is 5.36. The van der Waals surface area contributed by atoms with E-state index in [9.17, 15) is 9.59 Å². The quantitative estimate of drug-likeness (QED) is 0.730. The minimum Gasteiger partial charge on any atom is -0.490 e. The first-order valence-corrected chi connectivity index (χ1v) is 8.33. The number of anilines is 1. The Morgan fingerprint density at radius 3 is 2.59 bits per heavy atom. The molecule has 8 heteroatoms. The molecular weight excluding hydrogens is 372 g/mol. The monoisotopic (exact) mass is 388 g/mol. The number of methoxy groups -OCH3 is 1. The molecular formula is C19H17ClN2O5. The molecule has 0 aliphatic rings. The number of amides is 1. The largest absolute Gasteiger partial charge is 0.490 e. The molecule has 0 unspecified atom stereocenters. The zero-order valence-electron chi connectivity index (χ0n) is 14.7. The molecule has 27 heavy (non-hydrogen) atoms. The number of hydrogen-bond acceptors (Lipinski definition) is 6. The highest BCUT2D eigenvalue weighted by atomic mass is 35.5. The van der Waals surface area contributed by atoms with Crippen molar-refractivity contribution < 1.29 is 23.8 Å². The SMILES string of the molecule is CCOc1cc(C#N)ccc1OCC(=O)Nc1cc(C(=O)OC)ccc1Cl. The molecule has 0 saturated carbocycles. The number of nitrogens with zero attached hydrogens (tertiary/aromatic N) is 1. The number of nitriles is 1. The van der Waals surface area contributed by atoms with Crippen LogP contribution in [0.25, 0.3) is 0 Å². The number of nitrogens with one attached hydrogen (secondary N) is 1. The maximum Gasteiger partial charge on any atom is 0.337 e. The van der Waals surface area contributed by atoms with Gasteiger partial charge in [0, 0.05) is 6.07 Å². The van der Waals surface area contributed by atoms with E-state index in [0.29, 0.717) is 23.7 Å². The highest BCUT2D eigenvalue weighted by molar-refractivity contribution is 6.33. The van der Waals surface area contributed by atoms with Crippen molar-refractivity contribution in [3.05, 3.63) is 52.5 Å². The van der Waals surface area contributed by atoms with Gasteiger partial charge in [-0.1, -0.05) is 11.6 Å². The van der Waals surface area contributed by atoms with Crippen LogP contribution in [0.1, 0.15) is 22.8 Å². The topological polar surface area (TPSA) is 97.6 Å². The minimum absolute atomic E-state index is 0.254. The van der Waals surface area contributed by atoms with Crippen molar-refractivity contribution in [2.24, 2.45) is 0 Å². The first-order chi connectivity index (χ1) is 13.0. The van der Waals surface area contributed by atoms with Crippen molar-refractivity contribution in [1.82, 2.24) is 0 Å². The molecule has 0 bridgehead atoms. The summed E-state index contributed by atoms with van der Waals surface area (Å²) in [6.45, 7) is 1.87. The molecule has 0 heterocycles. The fourth-order valence-electron chi connectivity index (χ4n) is 2.16. The smallest absolute Gasteiger partial charge is 0.337 e. The van der Waals surface area contributed by atoms with E-state index < -0.39 is 11.9 Å². The molecule has 7 nitrogen and oxygen atoms in total. The van der Waals surface area contributed by atoms with Crippen LogP contribution >= 0.6 is 11.6 Å². The van der Waals surface area contributed by atoms with Crippen LogP contribution in [0.5, 0.6) is 11.5 Å². The van der Waals surface area contributed by atoms with Crippen LogP contribution in [0.15, 0.2) is 36.4 Å². The van der Waals surface area contributed by atoms with Gasteiger partial charge in [-0.05, 0) is 37.3 Å². The van der Waals surface area contributed by atoms with Crippen molar-refractivity contribution >= 4 is 29.2 Å². The number of benzene rings is 2. The summed E-state index contributed by atoms with van der Waals surface area (Å²) in [5.41, 5.74) is 0.934. The molecule has 0 radical (unpaired) electrons. The van der Waals surface area contributed by atoms with Crippen molar-refractivity contribution in [2.75, 3.05) is 25.6 Å². The third-order valence-corrected chi connectivity index (χ3v) is 3.72. The van der Waals surface area contributed by atoms with E-state index in [4.69, 9.17) is 26.3 Å². The summed E-state index contributed by atoms with van der Waals surface area (Å²) in [6, 6.07) is 11.1. The predicted molar refractivity (Wildman–Crippen MR) is 99.2 cm³/mol. The Bertz CT molecular complexity index is 892. The summed E-state index contributed by atoms with van der Waals surface area (Å²) in [5, 5.41) is 11.8. The lowest BCUT2D eigenvalue weighted by atomic mass is 10.2. The standard InChI is InChI=1S/C19H17ClN2O5/c1-3-26-17-8-12(10-21)4-7-16(17)27-11-18(23)22-15-9-13(19(24)25-2)5-6-14(15)20/h4-9H,3,11H2,1-2H3,(H,22,23). The van der Waals surface area contributed by atoms with Crippen LogP contribution in [0.2, 0.25) is 5.02 Å². The lowest BCUT2D eigenvalue weighted by Gasteiger charge is -2.13. The minimum atomic E-state index is -0.544. The van der Waals surface area contributed by atoms with E-state index in [2.05, 4.69) is 10.1 Å². The van der Waals surface area contributed by atoms with Gasteiger partial charge in [-0.15, -0.1) is 0 Å². The van der Waals surface area contributed by atoms with Crippen molar-refractivity contribution in [3.63, 3.8) is 0 Å². The van der Waals surface area contributed by atoms with E-state index in [1.54, 1.807) is 19.1 Å². The summed E-state index contributed by atoms with van der Waals surface area (Å²) in [7, 11) is 1.26. The second-order valence-corrected chi connectivity index (χ2v) is 5.64. The van der Waals surface area contributed by atoms with Crippen LogP contribution in [0, 0.1) is 11.3 Å². The molecule has 2 rings (SSSR count). The molecule has 0 fully saturated rings. The first kappa shape index (κ1) is 20.1. The van der Waals surface area contributed by atoms with Gasteiger partial charge in [0.1, 0.15) is 0 Å². The molecule has 0 spiro atoms. The normalized spacial score (nSPS) is 9.85. The molecule has 1 N–H and O–H groups in total. The van der Waals surface area contributed by atoms with Gasteiger partial charge in [-0.2, -0.15) is 5.26 Å². The van der Waals surface area contributed by atoms with E-state index >= 15 is 0 Å². The van der Waals surface area contributed by atoms with Crippen molar-refractivity contribution in [2.45, 2.75) is 6.92 Å². The van der Waals surface area contributed by atoms with Crippen LogP contribution in [0.4, 0.5) is 5.69 Å². The van der Waals surface area contributed by atoms with Crippen LogP contribution in [-0.2, 0) is 9.53 Å². The zero-order chi connectivity index (χ0) is 19.8. The lowest BCUT2D eigenvalue weighted by molar-refractivity contribution is -0.118. The average molecular weight is 389 g/mol. The van der Waals surface area contributed by atoms with Gasteiger partial charge < -0.3 is 19.5 Å². The summed E-state index contributed by atoms with van der Waals surface area (Å²) in [5.74, 6) is -0.321. The summed E-state index contributed by atoms with van der Waals surface area (Å²) in [6.07, 6.45) is 0. The number of esters is 1. The number of carbonyl (C=O) groups excluding carboxylic acids is 2. The molecule has 0 aliphatic carbocycles. The van der Waals surface area contributed by atoms with Crippen molar-refractivity contribution in [3.8, 4) is 17.6 Å². The molecule has 1 amide bonds. The molecule has 0 atom stereocenters. The highest BCUT2D eigenvalue weighted by Crippen LogP contribution is 2.28. The van der Waals surface area contributed by atoms with Gasteiger partial charge in [0.15, 0.2) is 18.1 Å². The third-order valence-electron chi connectivity index (χ3n) is 3.39. The fourth-order valence-corrected chi connectivity index (χ4v) is 2.33. The summed E-state index contributed by atoms with van der Waals surface area (Å²) in [4.78, 5) is 23.8. The highest BCUT2D eigenvalue weighted by Gasteiger charge is 2.13. The summed E-state index contributed by atoms with van der Waals surface area (Å²) < 4.78 is 15.5. The first-order valence-electron chi connectivity index (χ1n) is 7.96. The number of carbonyl (C=O) groups is 2. The van der Waals surface area contributed by atoms with E-state index in [1.807, 2.05) is 6.07 Å².